The Morgan fingerprint density at radius 1 is 0.919 bits per heavy atom. The minimum atomic E-state index is -0.652. The number of amidine groups is 1. The summed E-state index contributed by atoms with van der Waals surface area (Å²) in [6.07, 6.45) is 0.381. The molecular formula is C27H26FN7O2. The van der Waals surface area contributed by atoms with Crippen molar-refractivity contribution in [3.63, 3.8) is 0 Å². The molecular weight excluding hydrogens is 473 g/mol. The highest BCUT2D eigenvalue weighted by Gasteiger charge is 2.16. The van der Waals surface area contributed by atoms with E-state index in [4.69, 9.17) is 22.0 Å². The molecule has 10 heteroatoms. The number of para-hydroxylation sites is 1. The number of carbonyl (C=O) groups excluding carboxylic acids is 1. The molecule has 37 heavy (non-hydrogen) atoms. The van der Waals surface area contributed by atoms with E-state index in [9.17, 15) is 9.18 Å². The summed E-state index contributed by atoms with van der Waals surface area (Å²) >= 11 is 0. The molecule has 0 saturated carbocycles. The second-order valence-electron chi connectivity index (χ2n) is 8.01. The molecule has 9 nitrogen and oxygen atoms in total. The lowest BCUT2D eigenvalue weighted by Crippen LogP contribution is -2.28. The van der Waals surface area contributed by atoms with Gasteiger partial charge in [0, 0.05) is 18.7 Å². The van der Waals surface area contributed by atoms with E-state index >= 15 is 0 Å². The van der Waals surface area contributed by atoms with E-state index in [1.807, 2.05) is 53.4 Å². The minimum absolute atomic E-state index is 0.116. The first-order chi connectivity index (χ1) is 17.9. The number of primary amides is 1. The summed E-state index contributed by atoms with van der Waals surface area (Å²) in [5.41, 5.74) is 16.2. The molecule has 0 aliphatic carbocycles. The molecule has 0 aliphatic heterocycles. The number of pyridine rings is 1. The lowest BCUT2D eigenvalue weighted by Gasteiger charge is -2.25. The maximum Gasteiger partial charge on any atom is 0.267 e. The van der Waals surface area contributed by atoms with Crippen LogP contribution in [0.2, 0.25) is 0 Å². The van der Waals surface area contributed by atoms with E-state index < -0.39 is 5.91 Å². The van der Waals surface area contributed by atoms with Gasteiger partial charge >= 0.3 is 0 Å². The van der Waals surface area contributed by atoms with Crippen LogP contribution in [-0.2, 0) is 0 Å². The highest BCUT2D eigenvalue weighted by Crippen LogP contribution is 2.31. The normalized spacial score (nSPS) is 11.1. The van der Waals surface area contributed by atoms with Crippen LogP contribution >= 0.6 is 0 Å². The van der Waals surface area contributed by atoms with Gasteiger partial charge in [-0.2, -0.15) is 5.10 Å². The number of hydrogen-bond acceptors (Lipinski definition) is 7. The lowest BCUT2D eigenvalue weighted by atomic mass is 10.0. The van der Waals surface area contributed by atoms with Gasteiger partial charge in [0.2, 0.25) is 0 Å². The fourth-order valence-electron chi connectivity index (χ4n) is 3.65. The number of carbonyl (C=O) groups is 1. The maximum absolute atomic E-state index is 13.2. The number of halogens is 1. The van der Waals surface area contributed by atoms with Crippen LogP contribution in [0, 0.1) is 5.82 Å². The summed E-state index contributed by atoms with van der Waals surface area (Å²) in [6.45, 7) is 0.417. The van der Waals surface area contributed by atoms with Crippen molar-refractivity contribution in [3.05, 3.63) is 103 Å². The number of hydrogen-bond donors (Lipinski definition) is 4. The number of ether oxygens (including phenoxy) is 1. The van der Waals surface area contributed by atoms with E-state index in [1.165, 1.54) is 12.1 Å². The van der Waals surface area contributed by atoms with Crippen LogP contribution < -0.4 is 32.5 Å². The van der Waals surface area contributed by atoms with Crippen LogP contribution in [-0.4, -0.2) is 23.3 Å². The van der Waals surface area contributed by atoms with Gasteiger partial charge in [0.05, 0.1) is 0 Å². The Morgan fingerprint density at radius 3 is 2.19 bits per heavy atom. The molecule has 1 amide bonds. The van der Waals surface area contributed by atoms with Crippen molar-refractivity contribution in [2.75, 3.05) is 11.4 Å². The smallest absolute Gasteiger partial charge is 0.267 e. The lowest BCUT2D eigenvalue weighted by molar-refractivity contribution is 0.0995. The molecule has 3 aromatic carbocycles. The first-order valence-corrected chi connectivity index (χ1v) is 11.4. The fraction of sp³-hybridized carbons (Fsp3) is 0.0741. The molecule has 0 saturated heterocycles. The summed E-state index contributed by atoms with van der Waals surface area (Å²) in [5.74, 6) is 6.17. The van der Waals surface area contributed by atoms with E-state index in [0.29, 0.717) is 36.1 Å². The number of benzene rings is 3. The number of amides is 1. The maximum atomic E-state index is 13.2. The van der Waals surface area contributed by atoms with Crippen molar-refractivity contribution in [3.8, 4) is 22.6 Å². The Labute approximate surface area is 213 Å². The molecule has 0 aliphatic rings. The third-order valence-corrected chi connectivity index (χ3v) is 5.45. The van der Waals surface area contributed by atoms with Gasteiger partial charge in [-0.3, -0.25) is 4.79 Å². The topological polar surface area (TPSA) is 145 Å². The number of nitrogens with zero attached hydrogens (tertiary/aromatic N) is 3. The second-order valence-corrected chi connectivity index (χ2v) is 8.01. The van der Waals surface area contributed by atoms with Gasteiger partial charge in [-0.1, -0.05) is 30.3 Å². The van der Waals surface area contributed by atoms with Crippen molar-refractivity contribution in [1.82, 2.24) is 10.5 Å². The first-order valence-electron chi connectivity index (χ1n) is 11.4. The highest BCUT2D eigenvalue weighted by atomic mass is 19.1. The number of hydrazine groups is 1. The summed E-state index contributed by atoms with van der Waals surface area (Å²) in [6, 6.07) is 26.1. The zero-order valence-corrected chi connectivity index (χ0v) is 19.8. The van der Waals surface area contributed by atoms with Crippen molar-refractivity contribution in [1.29, 1.82) is 0 Å². The third-order valence-electron chi connectivity index (χ3n) is 5.45. The summed E-state index contributed by atoms with van der Waals surface area (Å²) in [4.78, 5) is 18.6. The number of nitrogens with one attached hydrogen (secondary N) is 1. The molecule has 0 bridgehead atoms. The molecule has 0 spiro atoms. The van der Waals surface area contributed by atoms with Gasteiger partial charge in [0.25, 0.3) is 5.91 Å². The molecule has 0 radical (unpaired) electrons. The minimum Gasteiger partial charge on any atom is -0.457 e. The largest absolute Gasteiger partial charge is 0.457 e. The van der Waals surface area contributed by atoms with Gasteiger partial charge in [-0.25, -0.2) is 20.8 Å². The fourth-order valence-corrected chi connectivity index (χ4v) is 3.65. The highest BCUT2D eigenvalue weighted by molar-refractivity contribution is 5.93. The van der Waals surface area contributed by atoms with Gasteiger partial charge in [-0.05, 0) is 71.8 Å². The average Bonchev–Trinajstić information content (AvgIpc) is 2.91. The van der Waals surface area contributed by atoms with Crippen molar-refractivity contribution < 1.29 is 13.9 Å². The Hall–Kier alpha value is -4.96. The predicted octanol–water partition coefficient (Wildman–Crippen LogP) is 4.04. The van der Waals surface area contributed by atoms with E-state index in [-0.39, 0.29) is 11.5 Å². The van der Waals surface area contributed by atoms with Crippen molar-refractivity contribution in [2.24, 2.45) is 22.4 Å². The van der Waals surface area contributed by atoms with Crippen LogP contribution in [0.25, 0.3) is 11.1 Å². The predicted molar refractivity (Wildman–Crippen MR) is 142 cm³/mol. The SMILES string of the molecule is NN/N=C(\N)CCN(c1ccccc1)c1cc(-c2ccc(Oc3ccc(F)cc3)cc2)cc(C(N)=O)n1. The Kier molecular flexibility index (Phi) is 7.91. The molecule has 0 fully saturated rings. The van der Waals surface area contributed by atoms with Gasteiger partial charge in [-0.15, -0.1) is 0 Å². The molecule has 188 valence electrons. The van der Waals surface area contributed by atoms with Crippen LogP contribution in [0.5, 0.6) is 11.5 Å². The number of hydrazone groups is 1. The van der Waals surface area contributed by atoms with Crippen LogP contribution in [0.4, 0.5) is 15.9 Å². The number of nitrogens with two attached hydrogens (primary N) is 3. The molecule has 1 heterocycles. The van der Waals surface area contributed by atoms with Crippen LogP contribution in [0.1, 0.15) is 16.9 Å². The van der Waals surface area contributed by atoms with Crippen LogP contribution in [0.3, 0.4) is 0 Å². The Balaban J connectivity index is 1.67. The molecule has 0 unspecified atom stereocenters. The quantitative estimate of drug-likeness (QED) is 0.111. The van der Waals surface area contributed by atoms with E-state index in [0.717, 1.165) is 16.8 Å². The molecule has 1 aromatic heterocycles. The van der Waals surface area contributed by atoms with Crippen LogP contribution in [0.15, 0.2) is 96.1 Å². The zero-order chi connectivity index (χ0) is 26.2. The summed E-state index contributed by atoms with van der Waals surface area (Å²) < 4.78 is 18.9. The number of rotatable bonds is 10. The Bertz CT molecular complexity index is 1380. The van der Waals surface area contributed by atoms with Crippen molar-refractivity contribution in [2.45, 2.75) is 6.42 Å². The molecule has 0 atom stereocenters. The van der Waals surface area contributed by atoms with Gasteiger partial charge in [0.1, 0.15) is 34.7 Å². The summed E-state index contributed by atoms with van der Waals surface area (Å²) in [7, 11) is 0. The standard InChI is InChI=1S/C27H26FN7O2/c28-20-8-12-23(13-9-20)37-22-10-6-18(7-11-22)19-16-24(27(30)36)32-26(17-19)35(15-14-25(29)33-34-31)21-4-2-1-3-5-21/h1-13,16-17,34H,14-15,31H2,(H2,29,33)(H2,30,36). The Morgan fingerprint density at radius 2 is 1.57 bits per heavy atom. The first kappa shape index (κ1) is 25.1. The number of anilines is 2. The second kappa shape index (κ2) is 11.6. The molecule has 4 aromatic rings. The van der Waals surface area contributed by atoms with Gasteiger partial charge < -0.3 is 21.1 Å². The average molecular weight is 500 g/mol. The third kappa shape index (κ3) is 6.59. The van der Waals surface area contributed by atoms with Crippen molar-refractivity contribution >= 4 is 23.2 Å². The van der Waals surface area contributed by atoms with E-state index in [2.05, 4.69) is 15.6 Å². The monoisotopic (exact) mass is 499 g/mol. The van der Waals surface area contributed by atoms with E-state index in [1.54, 1.807) is 30.3 Å². The van der Waals surface area contributed by atoms with Gasteiger partial charge in [0.15, 0.2) is 0 Å². The summed E-state index contributed by atoms with van der Waals surface area (Å²) in [5, 5.41) is 3.81. The number of aromatic nitrogens is 1. The molecule has 4 rings (SSSR count). The molecule has 7 N–H and O–H groups in total. The zero-order valence-electron chi connectivity index (χ0n) is 19.8.